The molecule has 0 saturated carbocycles. The van der Waals surface area contributed by atoms with Crippen molar-refractivity contribution in [2.24, 2.45) is 10.9 Å². The Balaban J connectivity index is 1.77. The van der Waals surface area contributed by atoms with E-state index in [0.717, 1.165) is 6.07 Å². The van der Waals surface area contributed by atoms with Crippen LogP contribution in [0.15, 0.2) is 65.1 Å². The zero-order valence-corrected chi connectivity index (χ0v) is 16.7. The molecule has 1 aliphatic carbocycles. The molecule has 1 N–H and O–H groups in total. The number of aliphatic imine (C=N–C) groups is 1. The van der Waals surface area contributed by atoms with Crippen LogP contribution in [0.25, 0.3) is 0 Å². The fourth-order valence-corrected chi connectivity index (χ4v) is 4.33. The van der Waals surface area contributed by atoms with Crippen LogP contribution in [-0.2, 0) is 15.8 Å². The number of nitrogens with zero attached hydrogens (tertiary/aromatic N) is 2. The first-order valence-corrected chi connectivity index (χ1v) is 9.96. The summed E-state index contributed by atoms with van der Waals surface area (Å²) in [5, 5.41) is 2.44. The van der Waals surface area contributed by atoms with Crippen molar-refractivity contribution in [3.63, 3.8) is 0 Å². The number of rotatable bonds is 3. The number of Topliss-reactive ketones (excluding diaryl/α,β-unsaturated/α-hetero) is 1. The number of hydrogen-bond acceptors (Lipinski definition) is 4. The van der Waals surface area contributed by atoms with Crippen molar-refractivity contribution in [1.82, 2.24) is 4.98 Å². The number of benzene rings is 1. The van der Waals surface area contributed by atoms with Gasteiger partial charge in [0.05, 0.1) is 17.2 Å². The molecular formula is C23H20F3N3O2. The molecule has 4 rings (SSSR count). The summed E-state index contributed by atoms with van der Waals surface area (Å²) in [7, 11) is 0. The topological polar surface area (TPSA) is 71.4 Å². The van der Waals surface area contributed by atoms with Crippen LogP contribution in [0, 0.1) is 5.92 Å². The summed E-state index contributed by atoms with van der Waals surface area (Å²) in [6.45, 7) is 1.68. The van der Waals surface area contributed by atoms with Crippen molar-refractivity contribution in [3.05, 3.63) is 71.2 Å². The van der Waals surface area contributed by atoms with Gasteiger partial charge in [0.25, 0.3) is 0 Å². The molecule has 0 fully saturated rings. The minimum atomic E-state index is -4.61. The van der Waals surface area contributed by atoms with Gasteiger partial charge in [-0.2, -0.15) is 13.2 Å². The lowest BCUT2D eigenvalue weighted by molar-refractivity contribution is -0.137. The minimum absolute atomic E-state index is 0.0761. The molecule has 31 heavy (non-hydrogen) atoms. The lowest BCUT2D eigenvalue weighted by Gasteiger charge is -2.35. The third-order valence-electron chi connectivity index (χ3n) is 5.67. The van der Waals surface area contributed by atoms with Crippen LogP contribution < -0.4 is 5.32 Å². The number of para-hydroxylation sites is 1. The predicted octanol–water partition coefficient (Wildman–Crippen LogP) is 4.92. The zero-order chi connectivity index (χ0) is 22.2. The van der Waals surface area contributed by atoms with Gasteiger partial charge in [-0.1, -0.05) is 12.1 Å². The third kappa shape index (κ3) is 4.02. The lowest BCUT2D eigenvalue weighted by atomic mass is 9.71. The van der Waals surface area contributed by atoms with Crippen LogP contribution in [0.1, 0.15) is 43.2 Å². The van der Waals surface area contributed by atoms with E-state index in [1.807, 2.05) is 0 Å². The molecule has 2 atom stereocenters. The van der Waals surface area contributed by atoms with Crippen LogP contribution in [0.4, 0.5) is 18.9 Å². The molecule has 1 aromatic carbocycles. The molecule has 0 spiro atoms. The van der Waals surface area contributed by atoms with E-state index < -0.39 is 29.5 Å². The molecule has 1 unspecified atom stereocenters. The molecule has 160 valence electrons. The SMILES string of the molecule is CC1=NC2=C(C(=O)CCC2)[C@@H](c2ccncc2)C1C(=O)Nc1ccccc1C(F)(F)F. The van der Waals surface area contributed by atoms with Crippen LogP contribution in [0.5, 0.6) is 0 Å². The van der Waals surface area contributed by atoms with Gasteiger partial charge in [-0.3, -0.25) is 19.6 Å². The Hall–Kier alpha value is -3.29. The number of hydrogen-bond donors (Lipinski definition) is 1. The normalized spacial score (nSPS) is 21.4. The number of alkyl halides is 3. The van der Waals surface area contributed by atoms with E-state index in [2.05, 4.69) is 15.3 Å². The van der Waals surface area contributed by atoms with Gasteiger partial charge in [0.1, 0.15) is 0 Å². The summed E-state index contributed by atoms with van der Waals surface area (Å²) in [4.78, 5) is 34.6. The quantitative estimate of drug-likeness (QED) is 0.756. The first-order chi connectivity index (χ1) is 14.8. The Morgan fingerprint density at radius 2 is 1.81 bits per heavy atom. The monoisotopic (exact) mass is 427 g/mol. The van der Waals surface area contributed by atoms with Gasteiger partial charge >= 0.3 is 6.18 Å². The Kier molecular flexibility index (Phi) is 5.47. The maximum atomic E-state index is 13.4. The molecule has 1 amide bonds. The van der Waals surface area contributed by atoms with E-state index in [4.69, 9.17) is 0 Å². The van der Waals surface area contributed by atoms with Gasteiger partial charge in [0.2, 0.25) is 5.91 Å². The number of amides is 1. The van der Waals surface area contributed by atoms with E-state index in [0.29, 0.717) is 41.8 Å². The van der Waals surface area contributed by atoms with Crippen LogP contribution in [0.3, 0.4) is 0 Å². The smallest absolute Gasteiger partial charge is 0.325 e. The standard InChI is InChI=1S/C23H20F3N3O2/c1-13-19(22(31)29-16-6-3-2-5-15(16)23(24,25)26)20(14-9-11-27-12-10-14)21-17(28-13)7-4-8-18(21)30/h2-3,5-6,9-12,19-20H,4,7-8H2,1H3,(H,29,31)/t19?,20-/m0/s1. The summed E-state index contributed by atoms with van der Waals surface area (Å²) < 4.78 is 40.2. The lowest BCUT2D eigenvalue weighted by Crippen LogP contribution is -2.39. The molecule has 5 nitrogen and oxygen atoms in total. The number of anilines is 1. The van der Waals surface area contributed by atoms with Crippen molar-refractivity contribution in [1.29, 1.82) is 0 Å². The van der Waals surface area contributed by atoms with E-state index in [-0.39, 0.29) is 11.5 Å². The highest BCUT2D eigenvalue weighted by Crippen LogP contribution is 2.44. The molecular weight excluding hydrogens is 407 g/mol. The fourth-order valence-electron chi connectivity index (χ4n) is 4.33. The third-order valence-corrected chi connectivity index (χ3v) is 5.67. The van der Waals surface area contributed by atoms with Gasteiger partial charge in [-0.25, -0.2) is 0 Å². The van der Waals surface area contributed by atoms with Crippen LogP contribution in [0.2, 0.25) is 0 Å². The molecule has 1 aliphatic heterocycles. The maximum absolute atomic E-state index is 13.4. The number of aromatic nitrogens is 1. The molecule has 1 aromatic heterocycles. The highest BCUT2D eigenvalue weighted by atomic mass is 19.4. The number of pyridine rings is 1. The predicted molar refractivity (Wildman–Crippen MR) is 110 cm³/mol. The zero-order valence-electron chi connectivity index (χ0n) is 16.7. The van der Waals surface area contributed by atoms with Crippen molar-refractivity contribution < 1.29 is 22.8 Å². The highest BCUT2D eigenvalue weighted by molar-refractivity contribution is 6.13. The second-order valence-electron chi connectivity index (χ2n) is 7.66. The molecule has 0 saturated heterocycles. The number of ketones is 1. The maximum Gasteiger partial charge on any atom is 0.418 e. The van der Waals surface area contributed by atoms with Crippen molar-refractivity contribution in [2.75, 3.05) is 5.32 Å². The van der Waals surface area contributed by atoms with Crippen LogP contribution >= 0.6 is 0 Å². The van der Waals surface area contributed by atoms with Crippen LogP contribution in [-0.4, -0.2) is 22.4 Å². The number of allylic oxidation sites excluding steroid dienone is 2. The minimum Gasteiger partial charge on any atom is -0.325 e. The average Bonchev–Trinajstić information content (AvgIpc) is 2.73. The first-order valence-electron chi connectivity index (χ1n) is 9.96. The van der Waals surface area contributed by atoms with Gasteiger partial charge < -0.3 is 5.32 Å². The average molecular weight is 427 g/mol. The van der Waals surface area contributed by atoms with Gasteiger partial charge in [0, 0.05) is 41.7 Å². The summed E-state index contributed by atoms with van der Waals surface area (Å²) in [5.41, 5.74) is 1.06. The molecule has 2 aromatic rings. The highest BCUT2D eigenvalue weighted by Gasteiger charge is 2.43. The fraction of sp³-hybridized carbons (Fsp3) is 0.304. The Morgan fingerprint density at radius 1 is 1.10 bits per heavy atom. The summed E-state index contributed by atoms with van der Waals surface area (Å²) in [5.74, 6) is -2.25. The molecule has 0 radical (unpaired) electrons. The Bertz CT molecular complexity index is 1090. The number of carbonyl (C=O) groups excluding carboxylic acids is 2. The second-order valence-corrected chi connectivity index (χ2v) is 7.66. The molecule has 2 aliphatic rings. The molecule has 8 heteroatoms. The van der Waals surface area contributed by atoms with E-state index in [9.17, 15) is 22.8 Å². The largest absolute Gasteiger partial charge is 0.418 e. The van der Waals surface area contributed by atoms with Crippen molar-refractivity contribution in [3.8, 4) is 0 Å². The summed E-state index contributed by atoms with van der Waals surface area (Å²) in [6.07, 6.45) is 0.202. The summed E-state index contributed by atoms with van der Waals surface area (Å²) >= 11 is 0. The first kappa shape index (κ1) is 21.0. The number of nitrogens with one attached hydrogen (secondary N) is 1. The Labute approximate surface area is 177 Å². The van der Waals surface area contributed by atoms with Gasteiger partial charge in [0.15, 0.2) is 5.78 Å². The van der Waals surface area contributed by atoms with E-state index >= 15 is 0 Å². The second kappa shape index (κ2) is 8.09. The van der Waals surface area contributed by atoms with Gasteiger partial charge in [-0.05, 0) is 49.6 Å². The van der Waals surface area contributed by atoms with E-state index in [1.165, 1.54) is 18.2 Å². The Morgan fingerprint density at radius 3 is 2.52 bits per heavy atom. The van der Waals surface area contributed by atoms with Crippen molar-refractivity contribution >= 4 is 23.1 Å². The molecule has 0 bridgehead atoms. The molecule has 2 heterocycles. The van der Waals surface area contributed by atoms with Crippen molar-refractivity contribution in [2.45, 2.75) is 38.3 Å². The van der Waals surface area contributed by atoms with Gasteiger partial charge in [-0.15, -0.1) is 0 Å². The summed E-state index contributed by atoms with van der Waals surface area (Å²) in [6, 6.07) is 8.28. The number of halogens is 3. The number of carbonyl (C=O) groups is 2. The van der Waals surface area contributed by atoms with E-state index in [1.54, 1.807) is 31.5 Å².